The lowest BCUT2D eigenvalue weighted by Gasteiger charge is -2.12. The molecule has 134 valence electrons. The van der Waals surface area contributed by atoms with Crippen molar-refractivity contribution in [1.82, 2.24) is 15.8 Å². The quantitative estimate of drug-likeness (QED) is 0.613. The van der Waals surface area contributed by atoms with Crippen LogP contribution in [0.3, 0.4) is 0 Å². The van der Waals surface area contributed by atoms with Crippen LogP contribution >= 0.6 is 11.6 Å². The van der Waals surface area contributed by atoms with E-state index in [-0.39, 0.29) is 10.6 Å². The Balaban J connectivity index is 1.74. The van der Waals surface area contributed by atoms with Gasteiger partial charge in [0.2, 0.25) is 0 Å². The number of halogens is 1. The molecule has 0 fully saturated rings. The van der Waals surface area contributed by atoms with Gasteiger partial charge in [-0.3, -0.25) is 20.4 Å². The van der Waals surface area contributed by atoms with E-state index in [9.17, 15) is 9.59 Å². The molecule has 1 heterocycles. The van der Waals surface area contributed by atoms with Crippen molar-refractivity contribution in [3.05, 3.63) is 58.7 Å². The summed E-state index contributed by atoms with van der Waals surface area (Å²) in [7, 11) is 2.89. The second-order valence-corrected chi connectivity index (χ2v) is 5.76. The number of aromatic nitrogens is 1. The van der Waals surface area contributed by atoms with Crippen molar-refractivity contribution in [3.8, 4) is 11.5 Å². The molecule has 0 saturated heterocycles. The van der Waals surface area contributed by atoms with E-state index in [2.05, 4.69) is 15.8 Å². The Labute approximate surface area is 154 Å². The maximum Gasteiger partial charge on any atom is 0.271 e. The molecule has 0 bridgehead atoms. The second-order valence-electron chi connectivity index (χ2n) is 5.35. The molecule has 3 N–H and O–H groups in total. The Kier molecular flexibility index (Phi) is 4.99. The second kappa shape index (κ2) is 7.37. The van der Waals surface area contributed by atoms with Crippen LogP contribution in [0.4, 0.5) is 0 Å². The van der Waals surface area contributed by atoms with Gasteiger partial charge in [0.1, 0.15) is 0 Å². The fourth-order valence-corrected chi connectivity index (χ4v) is 2.85. The van der Waals surface area contributed by atoms with Gasteiger partial charge in [-0.05, 0) is 18.2 Å². The molecule has 0 unspecified atom stereocenters. The van der Waals surface area contributed by atoms with E-state index in [4.69, 9.17) is 21.1 Å². The van der Waals surface area contributed by atoms with Crippen LogP contribution in [0, 0.1) is 0 Å². The first-order valence-corrected chi connectivity index (χ1v) is 8.01. The number of fused-ring (bicyclic) bond motifs is 1. The lowest BCUT2D eigenvalue weighted by atomic mass is 10.1. The summed E-state index contributed by atoms with van der Waals surface area (Å²) in [5, 5.41) is 0.980. The van der Waals surface area contributed by atoms with Crippen molar-refractivity contribution in [3.63, 3.8) is 0 Å². The number of amides is 2. The van der Waals surface area contributed by atoms with Gasteiger partial charge in [0.15, 0.2) is 11.5 Å². The van der Waals surface area contributed by atoms with E-state index in [0.717, 1.165) is 10.9 Å². The smallest absolute Gasteiger partial charge is 0.271 e. The number of para-hydroxylation sites is 1. The zero-order valence-electron chi connectivity index (χ0n) is 14.1. The van der Waals surface area contributed by atoms with Gasteiger partial charge < -0.3 is 14.5 Å². The Morgan fingerprint density at radius 2 is 1.77 bits per heavy atom. The van der Waals surface area contributed by atoms with Gasteiger partial charge >= 0.3 is 0 Å². The van der Waals surface area contributed by atoms with Crippen LogP contribution in [-0.2, 0) is 0 Å². The van der Waals surface area contributed by atoms with Gasteiger partial charge in [-0.25, -0.2) is 0 Å². The summed E-state index contributed by atoms with van der Waals surface area (Å²) in [5.41, 5.74) is 6.21. The van der Waals surface area contributed by atoms with Crippen LogP contribution in [0.5, 0.6) is 11.5 Å². The molecule has 0 atom stereocenters. The molecule has 0 aliphatic rings. The van der Waals surface area contributed by atoms with E-state index < -0.39 is 11.8 Å². The normalized spacial score (nSPS) is 10.4. The highest BCUT2D eigenvalue weighted by atomic mass is 35.5. The Bertz CT molecular complexity index is 984. The summed E-state index contributed by atoms with van der Waals surface area (Å²) >= 11 is 6.09. The van der Waals surface area contributed by atoms with Gasteiger partial charge in [0.25, 0.3) is 11.8 Å². The summed E-state index contributed by atoms with van der Waals surface area (Å²) in [5.74, 6) is -0.343. The molecule has 0 aliphatic carbocycles. The number of H-pyrrole nitrogens is 1. The predicted octanol–water partition coefficient (Wildman–Crippen LogP) is 2.91. The highest BCUT2D eigenvalue weighted by Crippen LogP contribution is 2.35. The number of methoxy groups -OCH3 is 2. The highest BCUT2D eigenvalue weighted by Gasteiger charge is 2.17. The molecule has 0 aliphatic heterocycles. The number of rotatable bonds is 4. The minimum atomic E-state index is -0.541. The summed E-state index contributed by atoms with van der Waals surface area (Å²) in [4.78, 5) is 27.6. The van der Waals surface area contributed by atoms with Crippen LogP contribution in [0.25, 0.3) is 10.9 Å². The number of hydrogen-bond acceptors (Lipinski definition) is 4. The zero-order valence-corrected chi connectivity index (χ0v) is 14.8. The third-order valence-electron chi connectivity index (χ3n) is 3.82. The van der Waals surface area contributed by atoms with Crippen molar-refractivity contribution in [2.24, 2.45) is 0 Å². The monoisotopic (exact) mass is 373 g/mol. The van der Waals surface area contributed by atoms with Crippen molar-refractivity contribution in [1.29, 1.82) is 0 Å². The Morgan fingerprint density at radius 1 is 1.04 bits per heavy atom. The maximum atomic E-state index is 12.3. The molecule has 0 spiro atoms. The molecule has 0 radical (unpaired) electrons. The SMILES string of the molecule is COc1cc(C(=O)NNC(=O)c2c[nH]c3ccccc23)cc(Cl)c1OC. The molecule has 2 amide bonds. The van der Waals surface area contributed by atoms with Crippen molar-refractivity contribution in [2.75, 3.05) is 14.2 Å². The maximum absolute atomic E-state index is 12.3. The van der Waals surface area contributed by atoms with Gasteiger partial charge in [0, 0.05) is 22.7 Å². The largest absolute Gasteiger partial charge is 0.493 e. The summed E-state index contributed by atoms with van der Waals surface area (Å²) < 4.78 is 10.3. The molecule has 8 heteroatoms. The van der Waals surface area contributed by atoms with Crippen molar-refractivity contribution < 1.29 is 19.1 Å². The summed E-state index contributed by atoms with van der Waals surface area (Å²) in [6, 6.07) is 10.3. The van der Waals surface area contributed by atoms with E-state index in [1.165, 1.54) is 26.4 Å². The molecule has 0 saturated carbocycles. The van der Waals surface area contributed by atoms with Crippen LogP contribution in [0.2, 0.25) is 5.02 Å². The number of hydrazine groups is 1. The van der Waals surface area contributed by atoms with Crippen molar-refractivity contribution >= 4 is 34.3 Å². The van der Waals surface area contributed by atoms with Gasteiger partial charge in [-0.1, -0.05) is 29.8 Å². The van der Waals surface area contributed by atoms with E-state index in [0.29, 0.717) is 17.1 Å². The number of nitrogens with one attached hydrogen (secondary N) is 3. The molecule has 7 nitrogen and oxygen atoms in total. The number of carbonyl (C=O) groups is 2. The molecule has 1 aromatic heterocycles. The van der Waals surface area contributed by atoms with E-state index in [1.807, 2.05) is 24.3 Å². The molecule has 26 heavy (non-hydrogen) atoms. The minimum absolute atomic E-state index is 0.215. The first-order valence-electron chi connectivity index (χ1n) is 7.63. The number of benzene rings is 2. The Hall–Kier alpha value is -3.19. The van der Waals surface area contributed by atoms with Gasteiger partial charge in [0.05, 0.1) is 24.8 Å². The Morgan fingerprint density at radius 3 is 2.50 bits per heavy atom. The summed E-state index contributed by atoms with van der Waals surface area (Å²) in [6.45, 7) is 0. The number of carbonyl (C=O) groups excluding carboxylic acids is 2. The molecule has 3 rings (SSSR count). The molecular weight excluding hydrogens is 358 g/mol. The number of aromatic amines is 1. The lowest BCUT2D eigenvalue weighted by Crippen LogP contribution is -2.41. The topological polar surface area (TPSA) is 92.5 Å². The fraction of sp³-hybridized carbons (Fsp3) is 0.111. The third kappa shape index (κ3) is 3.29. The van der Waals surface area contributed by atoms with E-state index >= 15 is 0 Å². The summed E-state index contributed by atoms with van der Waals surface area (Å²) in [6.07, 6.45) is 1.58. The lowest BCUT2D eigenvalue weighted by molar-refractivity contribution is 0.0847. The van der Waals surface area contributed by atoms with Crippen molar-refractivity contribution in [2.45, 2.75) is 0 Å². The van der Waals surface area contributed by atoms with E-state index in [1.54, 1.807) is 6.20 Å². The fourth-order valence-electron chi connectivity index (χ4n) is 2.56. The third-order valence-corrected chi connectivity index (χ3v) is 4.10. The average molecular weight is 374 g/mol. The zero-order chi connectivity index (χ0) is 18.7. The minimum Gasteiger partial charge on any atom is -0.493 e. The average Bonchev–Trinajstić information content (AvgIpc) is 3.09. The number of ether oxygens (including phenoxy) is 2. The standard InChI is InChI=1S/C18H16ClN3O4/c1-25-15-8-10(7-13(19)16(15)26-2)17(23)21-22-18(24)12-9-20-14-6-4-3-5-11(12)14/h3-9,20H,1-2H3,(H,21,23)(H,22,24). The van der Waals surface area contributed by atoms with Gasteiger partial charge in [-0.15, -0.1) is 0 Å². The highest BCUT2D eigenvalue weighted by molar-refractivity contribution is 6.32. The molecule has 2 aromatic carbocycles. The van der Waals surface area contributed by atoms with Gasteiger partial charge in [-0.2, -0.15) is 0 Å². The number of hydrogen-bond donors (Lipinski definition) is 3. The van der Waals surface area contributed by atoms with Crippen LogP contribution in [0.15, 0.2) is 42.6 Å². The first kappa shape index (κ1) is 17.6. The first-order chi connectivity index (χ1) is 12.5. The van der Waals surface area contributed by atoms with Crippen LogP contribution in [-0.4, -0.2) is 31.0 Å². The molecule has 3 aromatic rings. The molecular formula is C18H16ClN3O4. The van der Waals surface area contributed by atoms with Crippen LogP contribution in [0.1, 0.15) is 20.7 Å². The van der Waals surface area contributed by atoms with Crippen LogP contribution < -0.4 is 20.3 Å². The predicted molar refractivity (Wildman–Crippen MR) is 97.8 cm³/mol.